The molecule has 6 heteroatoms. The van der Waals surface area contributed by atoms with Gasteiger partial charge in [0.1, 0.15) is 0 Å². The summed E-state index contributed by atoms with van der Waals surface area (Å²) in [6, 6.07) is 0. The summed E-state index contributed by atoms with van der Waals surface area (Å²) in [6.45, 7) is 1.86. The van der Waals surface area contributed by atoms with E-state index in [-0.39, 0.29) is 19.6 Å². The summed E-state index contributed by atoms with van der Waals surface area (Å²) < 4.78 is 4.56. The third-order valence-electron chi connectivity index (χ3n) is 1.06. The molecule has 12 heavy (non-hydrogen) atoms. The molecule has 0 spiro atoms. The summed E-state index contributed by atoms with van der Waals surface area (Å²) in [5.74, 6) is -0.488. The normalized spacial score (nSPS) is 11.5. The fourth-order valence-corrected chi connectivity index (χ4v) is 0.608. The maximum absolute atomic E-state index is 10.7. The van der Waals surface area contributed by atoms with Crippen LogP contribution >= 0.6 is 0 Å². The van der Waals surface area contributed by atoms with Crippen molar-refractivity contribution in [1.29, 1.82) is 0 Å². The van der Waals surface area contributed by atoms with Gasteiger partial charge in [0.25, 0.3) is 0 Å². The van der Waals surface area contributed by atoms with Gasteiger partial charge in [-0.15, -0.1) is 0 Å². The maximum Gasteiger partial charge on any atom is 0.308 e. The van der Waals surface area contributed by atoms with Crippen LogP contribution in [0.5, 0.6) is 0 Å². The zero-order chi connectivity index (χ0) is 9.40. The number of aliphatic hydroxyl groups excluding tert-OH is 1. The lowest BCUT2D eigenvalue weighted by molar-refractivity contribution is -0.145. The number of azide groups is 1. The maximum atomic E-state index is 10.7. The van der Waals surface area contributed by atoms with Crippen LogP contribution in [0.25, 0.3) is 10.4 Å². The quantitative estimate of drug-likeness (QED) is 0.285. The molecule has 0 saturated carbocycles. The van der Waals surface area contributed by atoms with Crippen LogP contribution in [0, 0.1) is 0 Å². The summed E-state index contributed by atoms with van der Waals surface area (Å²) >= 11 is 0. The number of aliphatic hydroxyl groups is 1. The molecule has 1 N–H and O–H groups in total. The molecule has 0 unspecified atom stereocenters. The van der Waals surface area contributed by atoms with Gasteiger partial charge in [0.05, 0.1) is 25.7 Å². The van der Waals surface area contributed by atoms with Gasteiger partial charge < -0.3 is 9.84 Å². The Bertz CT molecular complexity index is 188. The minimum absolute atomic E-state index is 0.102. The highest BCUT2D eigenvalue weighted by Gasteiger charge is 2.09. The summed E-state index contributed by atoms with van der Waals surface area (Å²) in [7, 11) is 0. The topological polar surface area (TPSA) is 95.3 Å². The molecule has 0 radical (unpaired) electrons. The van der Waals surface area contributed by atoms with E-state index in [0.717, 1.165) is 0 Å². The Hall–Kier alpha value is -1.26. The summed E-state index contributed by atoms with van der Waals surface area (Å²) in [5, 5.41) is 12.1. The largest absolute Gasteiger partial charge is 0.466 e. The Kier molecular flexibility index (Phi) is 5.77. The molecule has 0 aliphatic carbocycles. The number of hydrogen-bond donors (Lipinski definition) is 1. The van der Waals surface area contributed by atoms with Gasteiger partial charge in [0.15, 0.2) is 0 Å². The monoisotopic (exact) mass is 173 g/mol. The highest BCUT2D eigenvalue weighted by Crippen LogP contribution is 1.95. The van der Waals surface area contributed by atoms with Crippen LogP contribution in [0.3, 0.4) is 0 Å². The van der Waals surface area contributed by atoms with Crippen LogP contribution in [0.4, 0.5) is 0 Å². The minimum atomic E-state index is -0.944. The average molecular weight is 173 g/mol. The van der Waals surface area contributed by atoms with Gasteiger partial charge in [-0.1, -0.05) is 5.11 Å². The molecular formula is C6H11N3O3. The molecule has 0 aliphatic rings. The molecule has 0 saturated heterocycles. The Balaban J connectivity index is 3.60. The Morgan fingerprint density at radius 3 is 3.00 bits per heavy atom. The Labute approximate surface area is 69.8 Å². The molecule has 1 atom stereocenters. The third kappa shape index (κ3) is 5.52. The fourth-order valence-electron chi connectivity index (χ4n) is 0.608. The number of carbonyl (C=O) groups excluding carboxylic acids is 1. The molecule has 0 aromatic rings. The van der Waals surface area contributed by atoms with Crippen LogP contribution < -0.4 is 0 Å². The van der Waals surface area contributed by atoms with Crippen molar-refractivity contribution in [3.8, 4) is 0 Å². The first-order valence-electron chi connectivity index (χ1n) is 3.55. The molecular weight excluding hydrogens is 162 g/mol. The van der Waals surface area contributed by atoms with Crippen LogP contribution in [0.15, 0.2) is 5.11 Å². The van der Waals surface area contributed by atoms with Gasteiger partial charge in [-0.25, -0.2) is 0 Å². The SMILES string of the molecule is CCOC(=O)C[C@@H](O)CN=[N+]=[N-]. The predicted octanol–water partition coefficient (Wildman–Crippen LogP) is 0.611. The van der Waals surface area contributed by atoms with Crippen molar-refractivity contribution in [1.82, 2.24) is 0 Å². The van der Waals surface area contributed by atoms with E-state index in [4.69, 9.17) is 10.6 Å². The van der Waals surface area contributed by atoms with Crippen LogP contribution in [-0.4, -0.2) is 30.3 Å². The molecule has 0 rings (SSSR count). The summed E-state index contributed by atoms with van der Waals surface area (Å²) in [5.41, 5.74) is 7.88. The zero-order valence-corrected chi connectivity index (χ0v) is 6.80. The fraction of sp³-hybridized carbons (Fsp3) is 0.833. The van der Waals surface area contributed by atoms with Crippen LogP contribution in [0.1, 0.15) is 13.3 Å². The van der Waals surface area contributed by atoms with E-state index in [1.54, 1.807) is 6.92 Å². The predicted molar refractivity (Wildman–Crippen MR) is 41.3 cm³/mol. The number of hydrogen-bond acceptors (Lipinski definition) is 4. The molecule has 68 valence electrons. The van der Waals surface area contributed by atoms with E-state index in [0.29, 0.717) is 0 Å². The van der Waals surface area contributed by atoms with Crippen molar-refractivity contribution in [3.63, 3.8) is 0 Å². The van der Waals surface area contributed by atoms with E-state index in [2.05, 4.69) is 14.8 Å². The number of ether oxygens (including phenoxy) is 1. The molecule has 0 aromatic heterocycles. The molecule has 6 nitrogen and oxygen atoms in total. The van der Waals surface area contributed by atoms with Crippen molar-refractivity contribution in [3.05, 3.63) is 10.4 Å². The van der Waals surface area contributed by atoms with Gasteiger partial charge >= 0.3 is 5.97 Å². The van der Waals surface area contributed by atoms with Gasteiger partial charge in [-0.05, 0) is 12.5 Å². The van der Waals surface area contributed by atoms with Crippen molar-refractivity contribution < 1.29 is 14.6 Å². The molecule has 0 amide bonds. The van der Waals surface area contributed by atoms with E-state index >= 15 is 0 Å². The van der Waals surface area contributed by atoms with Crippen molar-refractivity contribution in [2.75, 3.05) is 13.2 Å². The first-order valence-corrected chi connectivity index (χ1v) is 3.55. The Morgan fingerprint density at radius 1 is 1.83 bits per heavy atom. The van der Waals surface area contributed by atoms with Gasteiger partial charge in [-0.3, -0.25) is 4.79 Å². The zero-order valence-electron chi connectivity index (χ0n) is 6.80. The van der Waals surface area contributed by atoms with Crippen LogP contribution in [-0.2, 0) is 9.53 Å². The van der Waals surface area contributed by atoms with Gasteiger partial charge in [-0.2, -0.15) is 0 Å². The summed E-state index contributed by atoms with van der Waals surface area (Å²) in [6.07, 6.45) is -1.08. The lowest BCUT2D eigenvalue weighted by Crippen LogP contribution is -2.18. The van der Waals surface area contributed by atoms with E-state index in [1.165, 1.54) is 0 Å². The first kappa shape index (κ1) is 10.7. The minimum Gasteiger partial charge on any atom is -0.466 e. The molecule has 0 aliphatic heterocycles. The summed E-state index contributed by atoms with van der Waals surface area (Å²) in [4.78, 5) is 13.1. The van der Waals surface area contributed by atoms with Gasteiger partial charge in [0, 0.05) is 4.91 Å². The number of esters is 1. The van der Waals surface area contributed by atoms with Gasteiger partial charge in [0.2, 0.25) is 0 Å². The number of nitrogens with zero attached hydrogens (tertiary/aromatic N) is 3. The molecule has 0 aromatic carbocycles. The second kappa shape index (κ2) is 6.45. The lowest BCUT2D eigenvalue weighted by Gasteiger charge is -2.05. The number of carbonyl (C=O) groups is 1. The standard InChI is InChI=1S/C6H11N3O3/c1-2-12-6(11)3-5(10)4-8-9-7/h5,10H,2-4H2,1H3/t5-/m1/s1. The first-order chi connectivity index (χ1) is 5.70. The van der Waals surface area contributed by atoms with E-state index in [1.807, 2.05) is 0 Å². The van der Waals surface area contributed by atoms with Crippen molar-refractivity contribution >= 4 is 5.97 Å². The third-order valence-corrected chi connectivity index (χ3v) is 1.06. The highest BCUT2D eigenvalue weighted by atomic mass is 16.5. The van der Waals surface area contributed by atoms with Crippen molar-refractivity contribution in [2.45, 2.75) is 19.4 Å². The van der Waals surface area contributed by atoms with E-state index in [9.17, 15) is 4.79 Å². The second-order valence-corrected chi connectivity index (χ2v) is 2.08. The number of rotatable bonds is 5. The molecule has 0 bridgehead atoms. The molecule has 0 heterocycles. The van der Waals surface area contributed by atoms with E-state index < -0.39 is 12.1 Å². The second-order valence-electron chi connectivity index (χ2n) is 2.08. The van der Waals surface area contributed by atoms with Crippen LogP contribution in [0.2, 0.25) is 0 Å². The average Bonchev–Trinajstić information content (AvgIpc) is 2.01. The van der Waals surface area contributed by atoms with Crippen molar-refractivity contribution in [2.24, 2.45) is 5.11 Å². The smallest absolute Gasteiger partial charge is 0.308 e. The molecule has 0 fully saturated rings. The highest BCUT2D eigenvalue weighted by molar-refractivity contribution is 5.69. The lowest BCUT2D eigenvalue weighted by atomic mass is 10.2. The Morgan fingerprint density at radius 2 is 2.50 bits per heavy atom.